The molecule has 10 nitrogen and oxygen atoms in total. The van der Waals surface area contributed by atoms with E-state index >= 15 is 0 Å². The number of rotatable bonds is 11. The van der Waals surface area contributed by atoms with Crippen LogP contribution < -0.4 is 9.47 Å². The molecule has 0 N–H and O–H groups in total. The van der Waals surface area contributed by atoms with Gasteiger partial charge >= 0.3 is 6.18 Å². The molecule has 0 atom stereocenters. The van der Waals surface area contributed by atoms with E-state index < -0.39 is 31.4 Å². The molecule has 0 aliphatic rings. The number of ether oxygens (including phenoxy) is 2. The minimum atomic E-state index is -4.52. The van der Waals surface area contributed by atoms with Gasteiger partial charge in [0.1, 0.15) is 28.6 Å². The summed E-state index contributed by atoms with van der Waals surface area (Å²) in [6.45, 7) is 13.5. The molecule has 0 radical (unpaired) electrons. The van der Waals surface area contributed by atoms with E-state index in [1.165, 1.54) is 34.9 Å². The van der Waals surface area contributed by atoms with E-state index in [-0.39, 0.29) is 33.0 Å². The lowest BCUT2D eigenvalue weighted by Crippen LogP contribution is -2.07. The highest BCUT2D eigenvalue weighted by Crippen LogP contribution is 2.38. The molecule has 4 aromatic carbocycles. The molecule has 0 spiro atoms. The molecule has 0 fully saturated rings. The fourth-order valence-electron chi connectivity index (χ4n) is 7.04. The molecule has 0 saturated carbocycles. The summed E-state index contributed by atoms with van der Waals surface area (Å²) < 4.78 is 104. The standard InChI is InChI=1S/C25H23F3N2O3S.C23H21ClN2O3S.C2H6/c1-4-34(31,32)20-8-5-7-19(15-20)33-18-12-10-17(11-13-18)23-22(16(2)3)29-24-21(25(26,27)28)9-6-14-30(23)24;1-15(2)21-22(26-13-5-8-20(24)23(26)25-21)16-9-11-17(12-10-16)29-18-6-4-7-19(14-18)30(3,27)28;1-2/h5-16H,4H2,1-3H3;4-15H,1-3H3;1-2H3. The number of aromatic nitrogens is 4. The number of sulfone groups is 2. The van der Waals surface area contributed by atoms with Crippen LogP contribution in [0, 0.1) is 0 Å². The van der Waals surface area contributed by atoms with Gasteiger partial charge in [0.05, 0.1) is 48.9 Å². The lowest BCUT2D eigenvalue weighted by Gasteiger charge is -2.11. The fourth-order valence-corrected chi connectivity index (χ4v) is 8.81. The van der Waals surface area contributed by atoms with Gasteiger partial charge in [-0.25, -0.2) is 26.8 Å². The van der Waals surface area contributed by atoms with Crippen molar-refractivity contribution in [2.45, 2.75) is 76.3 Å². The van der Waals surface area contributed by atoms with Crippen LogP contribution in [0.1, 0.15) is 77.3 Å². The van der Waals surface area contributed by atoms with E-state index in [0.29, 0.717) is 45.0 Å². The van der Waals surface area contributed by atoms with Gasteiger partial charge < -0.3 is 9.47 Å². The largest absolute Gasteiger partial charge is 0.457 e. The minimum absolute atomic E-state index is 0.0152. The maximum Gasteiger partial charge on any atom is 0.419 e. The Morgan fingerprint density at radius 2 is 1.05 bits per heavy atom. The highest BCUT2D eigenvalue weighted by molar-refractivity contribution is 7.91. The van der Waals surface area contributed by atoms with E-state index in [4.69, 9.17) is 26.1 Å². The third-order valence-electron chi connectivity index (χ3n) is 10.2. The first-order valence-corrected chi connectivity index (χ1v) is 25.1. The number of nitrogens with zero attached hydrogens (tertiary/aromatic N) is 4. The van der Waals surface area contributed by atoms with E-state index in [1.807, 2.05) is 74.7 Å². The average Bonchev–Trinajstić information content (AvgIpc) is 3.89. The van der Waals surface area contributed by atoms with Crippen molar-refractivity contribution in [3.05, 3.63) is 156 Å². The Labute approximate surface area is 388 Å². The molecule has 346 valence electrons. The molecule has 0 aliphatic carbocycles. The first-order valence-electron chi connectivity index (χ1n) is 21.2. The van der Waals surface area contributed by atoms with Crippen molar-refractivity contribution in [3.63, 3.8) is 0 Å². The van der Waals surface area contributed by atoms with Gasteiger partial charge in [0.15, 0.2) is 25.3 Å². The quantitative estimate of drug-likeness (QED) is 0.126. The zero-order valence-electron chi connectivity index (χ0n) is 37.6. The number of imidazole rings is 2. The molecule has 16 heteroatoms. The monoisotopic (exact) mass is 958 g/mol. The van der Waals surface area contributed by atoms with Crippen LogP contribution in [0.15, 0.2) is 144 Å². The number of pyridine rings is 2. The summed E-state index contributed by atoms with van der Waals surface area (Å²) in [5, 5.41) is 0.608. The predicted molar refractivity (Wildman–Crippen MR) is 255 cm³/mol. The smallest absolute Gasteiger partial charge is 0.419 e. The van der Waals surface area contributed by atoms with Crippen molar-refractivity contribution >= 4 is 42.6 Å². The molecular weight excluding hydrogens is 909 g/mol. The van der Waals surface area contributed by atoms with Gasteiger partial charge in [-0.1, -0.05) is 72.2 Å². The molecule has 4 aromatic heterocycles. The molecule has 8 rings (SSSR count). The van der Waals surface area contributed by atoms with Gasteiger partial charge in [0.2, 0.25) is 0 Å². The Bertz CT molecular complexity index is 3200. The van der Waals surface area contributed by atoms with Gasteiger partial charge in [-0.3, -0.25) is 8.80 Å². The molecular formula is C50H50ClF3N4O6S2. The first kappa shape index (κ1) is 49.3. The zero-order chi connectivity index (χ0) is 48.1. The van der Waals surface area contributed by atoms with Crippen molar-refractivity contribution in [3.8, 4) is 45.5 Å². The van der Waals surface area contributed by atoms with Gasteiger partial charge in [-0.05, 0) is 121 Å². The Morgan fingerprint density at radius 3 is 1.50 bits per heavy atom. The summed E-state index contributed by atoms with van der Waals surface area (Å²) in [6, 6.07) is 33.3. The summed E-state index contributed by atoms with van der Waals surface area (Å²) in [5.41, 5.74) is 4.59. The number of halogens is 4. The molecule has 8 aromatic rings. The third kappa shape index (κ3) is 10.9. The van der Waals surface area contributed by atoms with Crippen molar-refractivity contribution in [1.29, 1.82) is 0 Å². The Kier molecular flexibility index (Phi) is 15.0. The Hall–Kier alpha value is -6.16. The van der Waals surface area contributed by atoms with Crippen LogP contribution >= 0.6 is 11.6 Å². The first-order chi connectivity index (χ1) is 31.2. The summed E-state index contributed by atoms with van der Waals surface area (Å²) >= 11 is 6.35. The Balaban J connectivity index is 0.000000212. The molecule has 4 heterocycles. The summed E-state index contributed by atoms with van der Waals surface area (Å²) in [7, 11) is -6.66. The van der Waals surface area contributed by atoms with Gasteiger partial charge in [0, 0.05) is 29.8 Å². The zero-order valence-corrected chi connectivity index (χ0v) is 40.0. The topological polar surface area (TPSA) is 121 Å². The van der Waals surface area contributed by atoms with Crippen LogP contribution in [0.2, 0.25) is 5.02 Å². The van der Waals surface area contributed by atoms with Crippen molar-refractivity contribution < 1.29 is 39.5 Å². The number of hydrogen-bond acceptors (Lipinski definition) is 8. The normalized spacial score (nSPS) is 11.9. The molecule has 0 unspecified atom stereocenters. The Morgan fingerprint density at radius 1 is 0.606 bits per heavy atom. The van der Waals surface area contributed by atoms with Crippen LogP contribution in [-0.2, 0) is 25.9 Å². The summed E-state index contributed by atoms with van der Waals surface area (Å²) in [6.07, 6.45) is 0.186. The minimum Gasteiger partial charge on any atom is -0.457 e. The lowest BCUT2D eigenvalue weighted by atomic mass is 10.0. The maximum absolute atomic E-state index is 13.5. The van der Waals surface area contributed by atoms with Gasteiger partial charge in [-0.2, -0.15) is 13.2 Å². The molecule has 0 amide bonds. The van der Waals surface area contributed by atoms with Crippen LogP contribution in [0.25, 0.3) is 33.8 Å². The second-order valence-corrected chi connectivity index (χ2v) is 20.2. The predicted octanol–water partition coefficient (Wildman–Crippen LogP) is 13.7. The summed E-state index contributed by atoms with van der Waals surface area (Å²) in [5.74, 6) is 2.03. The van der Waals surface area contributed by atoms with Crippen LogP contribution in [0.3, 0.4) is 0 Å². The number of alkyl halides is 3. The number of hydrogen-bond donors (Lipinski definition) is 0. The van der Waals surface area contributed by atoms with Crippen molar-refractivity contribution in [2.24, 2.45) is 0 Å². The van der Waals surface area contributed by atoms with E-state index in [9.17, 15) is 30.0 Å². The van der Waals surface area contributed by atoms with Gasteiger partial charge in [-0.15, -0.1) is 0 Å². The second kappa shape index (κ2) is 20.1. The molecule has 66 heavy (non-hydrogen) atoms. The van der Waals surface area contributed by atoms with Crippen LogP contribution in [0.5, 0.6) is 23.0 Å². The number of fused-ring (bicyclic) bond motifs is 2. The molecule has 0 bridgehead atoms. The van der Waals surface area contributed by atoms with Crippen molar-refractivity contribution in [1.82, 2.24) is 18.8 Å². The van der Waals surface area contributed by atoms with Crippen LogP contribution in [-0.4, -0.2) is 47.6 Å². The van der Waals surface area contributed by atoms with Gasteiger partial charge in [0.25, 0.3) is 0 Å². The highest BCUT2D eigenvalue weighted by Gasteiger charge is 2.35. The fraction of sp³-hybridized carbons (Fsp3) is 0.240. The molecule has 0 aliphatic heterocycles. The SMILES string of the molecule is CC.CC(C)c1nc2c(Cl)cccn2c1-c1ccc(Oc2cccc(S(C)(=O)=O)c2)cc1.CCS(=O)(=O)c1cccc(Oc2ccc(-c3c(C(C)C)nc4c(C(F)(F)F)cccn34)cc2)c1. The average molecular weight is 960 g/mol. The van der Waals surface area contributed by atoms with E-state index in [1.54, 1.807) is 67.7 Å². The third-order valence-corrected chi connectivity index (χ3v) is 13.3. The van der Waals surface area contributed by atoms with E-state index in [2.05, 4.69) is 18.8 Å². The lowest BCUT2D eigenvalue weighted by molar-refractivity contribution is -0.136. The highest BCUT2D eigenvalue weighted by atomic mass is 35.5. The van der Waals surface area contributed by atoms with E-state index in [0.717, 1.165) is 28.7 Å². The van der Waals surface area contributed by atoms with Crippen LogP contribution in [0.4, 0.5) is 13.2 Å². The molecule has 0 saturated heterocycles. The maximum atomic E-state index is 13.5. The number of benzene rings is 4. The summed E-state index contributed by atoms with van der Waals surface area (Å²) in [4.78, 5) is 9.50. The van der Waals surface area contributed by atoms with Crippen molar-refractivity contribution in [2.75, 3.05) is 12.0 Å². The second-order valence-electron chi connectivity index (χ2n) is 15.5.